The standard InChI is InChI=1S/C24H32N6O/c1-4-25-24(26-14-8-16-30-18-28-21-11-5-6-12-22(21)30)27-15-13-19-9-7-10-20(17-19)23(31)29(2)3/h5-7,9-12,17-18H,4,8,13-16H2,1-3H3,(H2,25,26,27). The van der Waals surface area contributed by atoms with E-state index in [1.807, 2.05) is 48.8 Å². The van der Waals surface area contributed by atoms with Gasteiger partial charge in [-0.05, 0) is 49.6 Å². The Hall–Kier alpha value is -3.35. The minimum atomic E-state index is 0.0235. The molecule has 2 aromatic carbocycles. The van der Waals surface area contributed by atoms with Crippen LogP contribution in [0.5, 0.6) is 0 Å². The summed E-state index contributed by atoms with van der Waals surface area (Å²) >= 11 is 0. The second-order valence-corrected chi connectivity index (χ2v) is 7.62. The summed E-state index contributed by atoms with van der Waals surface area (Å²) in [4.78, 5) is 22.9. The van der Waals surface area contributed by atoms with E-state index in [1.165, 1.54) is 0 Å². The second-order valence-electron chi connectivity index (χ2n) is 7.62. The van der Waals surface area contributed by atoms with Crippen molar-refractivity contribution in [1.29, 1.82) is 0 Å². The lowest BCUT2D eigenvalue weighted by atomic mass is 10.1. The molecule has 0 saturated carbocycles. The molecule has 0 atom stereocenters. The number of carbonyl (C=O) groups excluding carboxylic acids is 1. The highest BCUT2D eigenvalue weighted by Gasteiger charge is 2.08. The van der Waals surface area contributed by atoms with E-state index in [0.29, 0.717) is 0 Å². The third kappa shape index (κ3) is 6.31. The molecule has 1 heterocycles. The molecule has 7 heteroatoms. The SMILES string of the molecule is CCNC(=NCCCn1cnc2ccccc21)NCCc1cccc(C(=O)N(C)C)c1. The van der Waals surface area contributed by atoms with Crippen molar-refractivity contribution in [3.63, 3.8) is 0 Å². The number of hydrogen-bond donors (Lipinski definition) is 2. The monoisotopic (exact) mass is 420 g/mol. The van der Waals surface area contributed by atoms with Crippen LogP contribution in [-0.4, -0.2) is 60.0 Å². The highest BCUT2D eigenvalue weighted by atomic mass is 16.2. The number of para-hydroxylation sites is 2. The van der Waals surface area contributed by atoms with E-state index in [-0.39, 0.29) is 5.91 Å². The number of aliphatic imine (C=N–C) groups is 1. The molecule has 0 saturated heterocycles. The van der Waals surface area contributed by atoms with Gasteiger partial charge in [0.25, 0.3) is 5.91 Å². The van der Waals surface area contributed by atoms with Crippen molar-refractivity contribution in [3.05, 3.63) is 66.0 Å². The third-order valence-electron chi connectivity index (χ3n) is 4.98. The highest BCUT2D eigenvalue weighted by molar-refractivity contribution is 5.94. The Morgan fingerprint density at radius 3 is 2.77 bits per heavy atom. The summed E-state index contributed by atoms with van der Waals surface area (Å²) in [6.07, 6.45) is 3.65. The molecule has 0 spiro atoms. The van der Waals surface area contributed by atoms with Crippen molar-refractivity contribution in [2.45, 2.75) is 26.3 Å². The Bertz CT molecular complexity index is 1020. The van der Waals surface area contributed by atoms with Crippen molar-refractivity contribution < 1.29 is 4.79 Å². The lowest BCUT2D eigenvalue weighted by Crippen LogP contribution is -2.38. The minimum Gasteiger partial charge on any atom is -0.357 e. The molecule has 0 fully saturated rings. The first-order valence-corrected chi connectivity index (χ1v) is 10.8. The molecule has 1 amide bonds. The average molecular weight is 421 g/mol. The zero-order valence-corrected chi connectivity index (χ0v) is 18.6. The number of aryl methyl sites for hydroxylation is 1. The quantitative estimate of drug-likeness (QED) is 0.317. The van der Waals surface area contributed by atoms with Crippen LogP contribution in [0.4, 0.5) is 0 Å². The first kappa shape index (κ1) is 22.3. The van der Waals surface area contributed by atoms with Gasteiger partial charge in [0.05, 0.1) is 17.4 Å². The topological polar surface area (TPSA) is 74.5 Å². The fourth-order valence-corrected chi connectivity index (χ4v) is 3.41. The molecule has 1 aromatic heterocycles. The summed E-state index contributed by atoms with van der Waals surface area (Å²) in [6.45, 7) is 5.23. The number of carbonyl (C=O) groups is 1. The Balaban J connectivity index is 1.48. The van der Waals surface area contributed by atoms with Crippen LogP contribution in [0, 0.1) is 0 Å². The molecule has 0 aliphatic heterocycles. The Morgan fingerprint density at radius 2 is 1.97 bits per heavy atom. The third-order valence-corrected chi connectivity index (χ3v) is 4.98. The van der Waals surface area contributed by atoms with Gasteiger partial charge in [0.15, 0.2) is 5.96 Å². The molecule has 164 valence electrons. The van der Waals surface area contributed by atoms with Gasteiger partial charge in [-0.2, -0.15) is 0 Å². The van der Waals surface area contributed by atoms with Crippen molar-refractivity contribution in [2.75, 3.05) is 33.7 Å². The van der Waals surface area contributed by atoms with Crippen LogP contribution in [0.15, 0.2) is 59.9 Å². The maximum Gasteiger partial charge on any atom is 0.253 e. The van der Waals surface area contributed by atoms with Crippen molar-refractivity contribution in [1.82, 2.24) is 25.1 Å². The molecule has 3 aromatic rings. The number of benzene rings is 2. The van der Waals surface area contributed by atoms with Crippen LogP contribution in [-0.2, 0) is 13.0 Å². The fourth-order valence-electron chi connectivity index (χ4n) is 3.41. The maximum absolute atomic E-state index is 12.1. The molecule has 0 aliphatic rings. The number of rotatable bonds is 9. The summed E-state index contributed by atoms with van der Waals surface area (Å²) in [7, 11) is 3.54. The molecule has 0 radical (unpaired) electrons. The summed E-state index contributed by atoms with van der Waals surface area (Å²) in [5, 5.41) is 6.68. The first-order valence-electron chi connectivity index (χ1n) is 10.8. The van der Waals surface area contributed by atoms with Gasteiger partial charge in [-0.25, -0.2) is 4.98 Å². The minimum absolute atomic E-state index is 0.0235. The van der Waals surface area contributed by atoms with Crippen LogP contribution in [0.1, 0.15) is 29.3 Å². The maximum atomic E-state index is 12.1. The molecule has 3 rings (SSSR count). The lowest BCUT2D eigenvalue weighted by molar-refractivity contribution is 0.0827. The van der Waals surface area contributed by atoms with Crippen LogP contribution in [0.3, 0.4) is 0 Å². The van der Waals surface area contributed by atoms with Crippen molar-refractivity contribution in [2.24, 2.45) is 4.99 Å². The van der Waals surface area contributed by atoms with Gasteiger partial charge in [0.1, 0.15) is 0 Å². The van der Waals surface area contributed by atoms with E-state index in [1.54, 1.807) is 19.0 Å². The zero-order chi connectivity index (χ0) is 22.1. The molecular weight excluding hydrogens is 388 g/mol. The number of amides is 1. The second kappa shape index (κ2) is 11.2. The molecule has 7 nitrogen and oxygen atoms in total. The smallest absolute Gasteiger partial charge is 0.253 e. The molecule has 31 heavy (non-hydrogen) atoms. The normalized spacial score (nSPS) is 11.5. The average Bonchev–Trinajstić information content (AvgIpc) is 3.19. The van der Waals surface area contributed by atoms with Crippen LogP contribution in [0.2, 0.25) is 0 Å². The summed E-state index contributed by atoms with van der Waals surface area (Å²) in [5.74, 6) is 0.842. The number of fused-ring (bicyclic) bond motifs is 1. The van der Waals surface area contributed by atoms with E-state index in [0.717, 1.165) is 67.1 Å². The van der Waals surface area contributed by atoms with E-state index in [4.69, 9.17) is 4.99 Å². The predicted octanol–water partition coefficient (Wildman–Crippen LogP) is 2.93. The van der Waals surface area contributed by atoms with Gasteiger partial charge in [0.2, 0.25) is 0 Å². The summed E-state index contributed by atoms with van der Waals surface area (Å²) in [6, 6.07) is 16.0. The highest BCUT2D eigenvalue weighted by Crippen LogP contribution is 2.12. The lowest BCUT2D eigenvalue weighted by Gasteiger charge is -2.13. The van der Waals surface area contributed by atoms with E-state index in [2.05, 4.69) is 33.2 Å². The number of imidazole rings is 1. The fraction of sp³-hybridized carbons (Fsp3) is 0.375. The molecule has 2 N–H and O–H groups in total. The van der Waals surface area contributed by atoms with Gasteiger partial charge >= 0.3 is 0 Å². The predicted molar refractivity (Wildman–Crippen MR) is 126 cm³/mol. The number of nitrogens with zero attached hydrogens (tertiary/aromatic N) is 4. The van der Waals surface area contributed by atoms with Crippen molar-refractivity contribution in [3.8, 4) is 0 Å². The Kier molecular flexibility index (Phi) is 8.04. The van der Waals surface area contributed by atoms with Crippen LogP contribution >= 0.6 is 0 Å². The summed E-state index contributed by atoms with van der Waals surface area (Å²) < 4.78 is 2.17. The Morgan fingerprint density at radius 1 is 1.13 bits per heavy atom. The van der Waals surface area contributed by atoms with Crippen LogP contribution in [0.25, 0.3) is 11.0 Å². The van der Waals surface area contributed by atoms with Gasteiger partial charge in [-0.1, -0.05) is 24.3 Å². The van der Waals surface area contributed by atoms with Crippen LogP contribution < -0.4 is 10.6 Å². The van der Waals surface area contributed by atoms with Gasteiger partial charge in [-0.15, -0.1) is 0 Å². The molecule has 0 bridgehead atoms. The van der Waals surface area contributed by atoms with Gasteiger partial charge in [-0.3, -0.25) is 9.79 Å². The van der Waals surface area contributed by atoms with Gasteiger partial charge in [0, 0.05) is 45.8 Å². The molecule has 0 unspecified atom stereocenters. The number of nitrogens with one attached hydrogen (secondary N) is 2. The van der Waals surface area contributed by atoms with E-state index < -0.39 is 0 Å². The van der Waals surface area contributed by atoms with Gasteiger partial charge < -0.3 is 20.1 Å². The number of guanidine groups is 1. The van der Waals surface area contributed by atoms with Crippen molar-refractivity contribution >= 4 is 22.9 Å². The molecule has 0 aliphatic carbocycles. The molecular formula is C24H32N6O. The first-order chi connectivity index (χ1) is 15.1. The summed E-state index contributed by atoms with van der Waals surface area (Å²) in [5.41, 5.74) is 4.03. The number of aromatic nitrogens is 2. The van der Waals surface area contributed by atoms with E-state index >= 15 is 0 Å². The zero-order valence-electron chi connectivity index (χ0n) is 18.6. The number of hydrogen-bond acceptors (Lipinski definition) is 3. The largest absolute Gasteiger partial charge is 0.357 e. The van der Waals surface area contributed by atoms with E-state index in [9.17, 15) is 4.79 Å². The Labute approximate surface area is 184 Å².